The number of hydrogen-bond acceptors (Lipinski definition) is 6. The van der Waals surface area contributed by atoms with E-state index in [1.54, 1.807) is 0 Å². The van der Waals surface area contributed by atoms with Crippen molar-refractivity contribution in [2.24, 2.45) is 0 Å². The third-order valence-electron chi connectivity index (χ3n) is 12.5. The van der Waals surface area contributed by atoms with Crippen LogP contribution in [-0.2, 0) is 28.6 Å². The van der Waals surface area contributed by atoms with E-state index in [4.69, 9.17) is 14.2 Å². The topological polar surface area (TPSA) is 78.9 Å². The molecule has 0 saturated carbocycles. The molecule has 0 N–H and O–H groups in total. The van der Waals surface area contributed by atoms with E-state index >= 15 is 0 Å². The fourth-order valence-electron chi connectivity index (χ4n) is 8.05. The van der Waals surface area contributed by atoms with Gasteiger partial charge in [-0.25, -0.2) is 0 Å². The van der Waals surface area contributed by atoms with E-state index in [0.29, 0.717) is 19.3 Å². The van der Waals surface area contributed by atoms with Crippen molar-refractivity contribution in [2.45, 2.75) is 277 Å². The van der Waals surface area contributed by atoms with Gasteiger partial charge in [-0.05, 0) is 103 Å². The van der Waals surface area contributed by atoms with Gasteiger partial charge in [0.1, 0.15) is 13.2 Å². The maximum atomic E-state index is 12.9. The van der Waals surface area contributed by atoms with Gasteiger partial charge in [-0.3, -0.25) is 14.4 Å². The minimum absolute atomic E-state index is 0.103. The first-order valence-corrected chi connectivity index (χ1v) is 29.9. The molecule has 0 spiro atoms. The largest absolute Gasteiger partial charge is 0.462 e. The van der Waals surface area contributed by atoms with Crippen LogP contribution in [0, 0.1) is 0 Å². The van der Waals surface area contributed by atoms with E-state index in [9.17, 15) is 14.4 Å². The highest BCUT2D eigenvalue weighted by molar-refractivity contribution is 5.71. The fraction of sp³-hybridized carbons (Fsp3) is 0.682. The molecule has 0 aliphatic carbocycles. The quantitative estimate of drug-likeness (QED) is 0.0261. The molecule has 72 heavy (non-hydrogen) atoms. The Morgan fingerprint density at radius 3 is 0.931 bits per heavy atom. The van der Waals surface area contributed by atoms with E-state index < -0.39 is 6.10 Å². The first-order chi connectivity index (χ1) is 35.5. The van der Waals surface area contributed by atoms with Gasteiger partial charge in [0.25, 0.3) is 0 Å². The van der Waals surface area contributed by atoms with E-state index in [2.05, 4.69) is 130 Å². The van der Waals surface area contributed by atoms with Crippen LogP contribution < -0.4 is 0 Å². The molecule has 410 valence electrons. The summed E-state index contributed by atoms with van der Waals surface area (Å²) in [6, 6.07) is 0. The van der Waals surface area contributed by atoms with Crippen molar-refractivity contribution in [1.29, 1.82) is 0 Å². The average Bonchev–Trinajstić information content (AvgIpc) is 3.38. The number of carbonyl (C=O) groups excluding carboxylic acids is 3. The Bertz CT molecular complexity index is 1470. The monoisotopic (exact) mass is 999 g/mol. The van der Waals surface area contributed by atoms with Gasteiger partial charge in [0.05, 0.1) is 0 Å². The number of carbonyl (C=O) groups is 3. The molecule has 1 unspecified atom stereocenters. The number of hydrogen-bond donors (Lipinski definition) is 0. The summed E-state index contributed by atoms with van der Waals surface area (Å²) in [4.78, 5) is 38.2. The van der Waals surface area contributed by atoms with Crippen molar-refractivity contribution >= 4 is 17.9 Å². The minimum atomic E-state index is -0.808. The third-order valence-corrected chi connectivity index (χ3v) is 12.5. The SMILES string of the molecule is CC/C=C\C/C=C\C/C=C\C/C=C\C/C=C\C/C=C\C/C=C\CCCC(=O)OCC(COC(=O)CCCCCCC/C=C\C/C=C\CCCCC)OC(=O)CCCCCCCCCCCCCCCCCC. The Labute approximate surface area is 444 Å². The molecule has 0 amide bonds. The molecule has 0 bridgehead atoms. The molecular weight excluding hydrogens is 889 g/mol. The lowest BCUT2D eigenvalue weighted by atomic mass is 10.0. The summed E-state index contributed by atoms with van der Waals surface area (Å²) in [5, 5.41) is 0. The zero-order valence-electron chi connectivity index (χ0n) is 46.9. The molecule has 0 aromatic rings. The molecule has 0 rings (SSSR count). The number of allylic oxidation sites excluding steroid dienone is 18. The molecule has 1 atom stereocenters. The maximum Gasteiger partial charge on any atom is 0.306 e. The molecule has 0 aliphatic rings. The van der Waals surface area contributed by atoms with Gasteiger partial charge >= 0.3 is 17.9 Å². The van der Waals surface area contributed by atoms with Gasteiger partial charge in [-0.1, -0.05) is 259 Å². The highest BCUT2D eigenvalue weighted by Crippen LogP contribution is 2.15. The zero-order chi connectivity index (χ0) is 52.2. The summed E-state index contributed by atoms with van der Waals surface area (Å²) in [6.07, 6.45) is 80.8. The fourth-order valence-corrected chi connectivity index (χ4v) is 8.05. The average molecular weight is 1000 g/mol. The van der Waals surface area contributed by atoms with Crippen molar-refractivity contribution in [1.82, 2.24) is 0 Å². The Morgan fingerprint density at radius 2 is 0.556 bits per heavy atom. The smallest absolute Gasteiger partial charge is 0.306 e. The van der Waals surface area contributed by atoms with E-state index in [0.717, 1.165) is 116 Å². The van der Waals surface area contributed by atoms with Gasteiger partial charge < -0.3 is 14.2 Å². The van der Waals surface area contributed by atoms with Crippen molar-refractivity contribution in [3.05, 3.63) is 109 Å². The van der Waals surface area contributed by atoms with Crippen LogP contribution in [0.3, 0.4) is 0 Å². The lowest BCUT2D eigenvalue weighted by Gasteiger charge is -2.18. The first-order valence-electron chi connectivity index (χ1n) is 29.9. The molecule has 6 nitrogen and oxygen atoms in total. The highest BCUT2D eigenvalue weighted by atomic mass is 16.6. The van der Waals surface area contributed by atoms with E-state index in [-0.39, 0.29) is 37.5 Å². The number of rotatable bonds is 53. The predicted molar refractivity (Wildman–Crippen MR) is 311 cm³/mol. The Kier molecular flexibility index (Phi) is 56.4. The van der Waals surface area contributed by atoms with Crippen LogP contribution >= 0.6 is 0 Å². The molecule has 6 heteroatoms. The lowest BCUT2D eigenvalue weighted by molar-refractivity contribution is -0.167. The Balaban J connectivity index is 4.49. The predicted octanol–water partition coefficient (Wildman–Crippen LogP) is 20.3. The molecule has 0 aromatic carbocycles. The zero-order valence-corrected chi connectivity index (χ0v) is 46.9. The molecule has 0 radical (unpaired) electrons. The van der Waals surface area contributed by atoms with Crippen LogP contribution in [0.5, 0.6) is 0 Å². The van der Waals surface area contributed by atoms with E-state index in [1.807, 2.05) is 0 Å². The highest BCUT2D eigenvalue weighted by Gasteiger charge is 2.19. The second-order valence-electron chi connectivity index (χ2n) is 19.5. The molecule has 0 heterocycles. The van der Waals surface area contributed by atoms with Crippen molar-refractivity contribution in [3.8, 4) is 0 Å². The summed E-state index contributed by atoms with van der Waals surface area (Å²) in [5.41, 5.74) is 0. The van der Waals surface area contributed by atoms with Crippen LogP contribution in [0.4, 0.5) is 0 Å². The summed E-state index contributed by atoms with van der Waals surface area (Å²) < 4.78 is 16.8. The maximum absolute atomic E-state index is 12.9. The first kappa shape index (κ1) is 68.1. The number of esters is 3. The van der Waals surface area contributed by atoms with Crippen LogP contribution in [0.1, 0.15) is 271 Å². The molecule has 0 saturated heterocycles. The number of unbranched alkanes of at least 4 members (excludes halogenated alkanes) is 24. The second kappa shape index (κ2) is 59.6. The van der Waals surface area contributed by atoms with Gasteiger partial charge in [0.15, 0.2) is 6.10 Å². The van der Waals surface area contributed by atoms with Gasteiger partial charge in [0.2, 0.25) is 0 Å². The second-order valence-corrected chi connectivity index (χ2v) is 19.5. The minimum Gasteiger partial charge on any atom is -0.462 e. The van der Waals surface area contributed by atoms with Crippen LogP contribution in [-0.4, -0.2) is 37.2 Å². The van der Waals surface area contributed by atoms with Crippen molar-refractivity contribution < 1.29 is 28.6 Å². The van der Waals surface area contributed by atoms with Crippen LogP contribution in [0.2, 0.25) is 0 Å². The summed E-state index contributed by atoms with van der Waals surface area (Å²) in [6.45, 7) is 6.45. The Morgan fingerprint density at radius 1 is 0.292 bits per heavy atom. The summed E-state index contributed by atoms with van der Waals surface area (Å²) in [7, 11) is 0. The van der Waals surface area contributed by atoms with E-state index in [1.165, 1.54) is 109 Å². The number of ether oxygens (including phenoxy) is 3. The van der Waals surface area contributed by atoms with Gasteiger partial charge in [-0.2, -0.15) is 0 Å². The molecule has 0 aliphatic heterocycles. The van der Waals surface area contributed by atoms with Crippen LogP contribution in [0.25, 0.3) is 0 Å². The van der Waals surface area contributed by atoms with Crippen molar-refractivity contribution in [3.63, 3.8) is 0 Å². The van der Waals surface area contributed by atoms with Gasteiger partial charge in [0, 0.05) is 19.3 Å². The Hall–Kier alpha value is -3.93. The normalized spacial score (nSPS) is 12.9. The molecule has 0 aromatic heterocycles. The third kappa shape index (κ3) is 57.0. The standard InChI is InChI=1S/C66H110O6/c1-4-7-10-13-16-19-22-25-28-30-31-32-33-34-35-36-39-41-44-47-50-53-56-59-65(68)71-62-63(61-70-64(67)58-55-52-49-46-43-40-37-27-24-21-18-15-12-9-6-3)72-66(69)60-57-54-51-48-45-42-38-29-26-23-20-17-14-11-8-5-2/h7,10,16,18-19,21,25,27-28,31-32,34-35,37,39,41,47,50,63H,4-6,8-9,11-15,17,20,22-24,26,29-30,33,36,38,40,42-46,48-49,51-62H2,1-3H3/b10-7-,19-16-,21-18-,28-25-,32-31-,35-34-,37-27-,41-39-,50-47-. The van der Waals surface area contributed by atoms with Crippen molar-refractivity contribution in [2.75, 3.05) is 13.2 Å². The summed E-state index contributed by atoms with van der Waals surface area (Å²) in [5.74, 6) is -0.972. The summed E-state index contributed by atoms with van der Waals surface area (Å²) >= 11 is 0. The lowest BCUT2D eigenvalue weighted by Crippen LogP contribution is -2.30. The molecular formula is C66H110O6. The van der Waals surface area contributed by atoms with Gasteiger partial charge in [-0.15, -0.1) is 0 Å². The van der Waals surface area contributed by atoms with Crippen LogP contribution in [0.15, 0.2) is 109 Å². The molecule has 0 fully saturated rings.